The summed E-state index contributed by atoms with van der Waals surface area (Å²) in [6.45, 7) is 2.16. The first-order valence-electron chi connectivity index (χ1n) is 5.60. The molecule has 0 atom stereocenters. The van der Waals surface area contributed by atoms with E-state index >= 15 is 0 Å². The van der Waals surface area contributed by atoms with Crippen molar-refractivity contribution in [1.29, 1.82) is 0 Å². The number of carbonyl (C=O) groups excluding carboxylic acids is 1. The minimum Gasteiger partial charge on any atom is -0.465 e. The Kier molecular flexibility index (Phi) is 5.34. The lowest BCUT2D eigenvalue weighted by atomic mass is 10.1. The number of hydrogen-bond donors (Lipinski definition) is 0. The largest absolute Gasteiger partial charge is 0.465 e. The van der Waals surface area contributed by atoms with Crippen LogP contribution in [0.5, 0.6) is 0 Å². The maximum absolute atomic E-state index is 11.2. The minimum absolute atomic E-state index is 0.284. The standard InChI is InChI=1S/C14H18O2/c1-3-4-5-6-7-12-8-10-13(11-9-12)14(15)16-2/h5-6,8-11H,3-4,7H2,1-2H3/b6-5+. The van der Waals surface area contributed by atoms with Gasteiger partial charge in [0.1, 0.15) is 0 Å². The topological polar surface area (TPSA) is 26.3 Å². The second-order valence-electron chi connectivity index (χ2n) is 3.65. The van der Waals surface area contributed by atoms with E-state index in [4.69, 9.17) is 0 Å². The highest BCUT2D eigenvalue weighted by Crippen LogP contribution is 2.07. The van der Waals surface area contributed by atoms with Gasteiger partial charge in [0.25, 0.3) is 0 Å². The lowest BCUT2D eigenvalue weighted by molar-refractivity contribution is 0.0600. The number of methoxy groups -OCH3 is 1. The van der Waals surface area contributed by atoms with Crippen LogP contribution in [0.15, 0.2) is 36.4 Å². The van der Waals surface area contributed by atoms with Gasteiger partial charge in [-0.05, 0) is 30.5 Å². The van der Waals surface area contributed by atoms with Gasteiger partial charge < -0.3 is 4.74 Å². The van der Waals surface area contributed by atoms with Gasteiger partial charge in [0.15, 0.2) is 0 Å². The Morgan fingerprint density at radius 2 is 1.94 bits per heavy atom. The quantitative estimate of drug-likeness (QED) is 0.559. The van der Waals surface area contributed by atoms with Crippen LogP contribution in [0.3, 0.4) is 0 Å². The average molecular weight is 218 g/mol. The fourth-order valence-corrected chi connectivity index (χ4v) is 1.40. The molecule has 86 valence electrons. The van der Waals surface area contributed by atoms with Crippen molar-refractivity contribution < 1.29 is 9.53 Å². The summed E-state index contributed by atoms with van der Waals surface area (Å²) in [6, 6.07) is 7.52. The zero-order valence-corrected chi connectivity index (χ0v) is 9.90. The van der Waals surface area contributed by atoms with Gasteiger partial charge in [-0.1, -0.05) is 37.6 Å². The molecule has 1 aromatic carbocycles. The predicted octanol–water partition coefficient (Wildman–Crippen LogP) is 3.37. The van der Waals surface area contributed by atoms with E-state index in [0.717, 1.165) is 12.8 Å². The highest BCUT2D eigenvalue weighted by atomic mass is 16.5. The summed E-state index contributed by atoms with van der Waals surface area (Å²) < 4.78 is 4.64. The lowest BCUT2D eigenvalue weighted by Gasteiger charge is -2.00. The molecule has 0 unspecified atom stereocenters. The summed E-state index contributed by atoms with van der Waals surface area (Å²) in [6.07, 6.45) is 7.57. The van der Waals surface area contributed by atoms with Crippen LogP contribution in [0.2, 0.25) is 0 Å². The number of unbranched alkanes of at least 4 members (excludes halogenated alkanes) is 1. The molecule has 0 aliphatic heterocycles. The summed E-state index contributed by atoms with van der Waals surface area (Å²) >= 11 is 0. The van der Waals surface area contributed by atoms with Crippen LogP contribution in [0.4, 0.5) is 0 Å². The van der Waals surface area contributed by atoms with E-state index < -0.39 is 0 Å². The third kappa shape index (κ3) is 3.89. The van der Waals surface area contributed by atoms with E-state index in [-0.39, 0.29) is 5.97 Å². The molecule has 0 saturated heterocycles. The molecule has 2 heteroatoms. The molecule has 16 heavy (non-hydrogen) atoms. The summed E-state index contributed by atoms with van der Waals surface area (Å²) in [5.74, 6) is -0.284. The Bertz CT molecular complexity index is 350. The van der Waals surface area contributed by atoms with Crippen LogP contribution in [0.1, 0.15) is 35.7 Å². The van der Waals surface area contributed by atoms with Crippen molar-refractivity contribution in [2.75, 3.05) is 7.11 Å². The van der Waals surface area contributed by atoms with Crippen LogP contribution in [-0.2, 0) is 11.2 Å². The number of esters is 1. The Balaban J connectivity index is 2.54. The van der Waals surface area contributed by atoms with Gasteiger partial charge >= 0.3 is 5.97 Å². The van der Waals surface area contributed by atoms with Gasteiger partial charge in [-0.2, -0.15) is 0 Å². The van der Waals surface area contributed by atoms with E-state index in [1.165, 1.54) is 19.1 Å². The third-order valence-corrected chi connectivity index (χ3v) is 2.35. The third-order valence-electron chi connectivity index (χ3n) is 2.35. The van der Waals surface area contributed by atoms with Crippen molar-refractivity contribution >= 4 is 5.97 Å². The SMILES string of the molecule is CCC/C=C/Cc1ccc(C(=O)OC)cc1. The van der Waals surface area contributed by atoms with Gasteiger partial charge in [-0.3, -0.25) is 0 Å². The van der Waals surface area contributed by atoms with Crippen molar-refractivity contribution in [3.05, 3.63) is 47.5 Å². The number of allylic oxidation sites excluding steroid dienone is 2. The Morgan fingerprint density at radius 1 is 1.25 bits per heavy atom. The second-order valence-corrected chi connectivity index (χ2v) is 3.65. The highest BCUT2D eigenvalue weighted by Gasteiger charge is 2.03. The normalized spacial score (nSPS) is 10.6. The molecule has 0 aromatic heterocycles. The van der Waals surface area contributed by atoms with Gasteiger partial charge in [0.05, 0.1) is 12.7 Å². The van der Waals surface area contributed by atoms with Crippen molar-refractivity contribution in [3.63, 3.8) is 0 Å². The first kappa shape index (κ1) is 12.5. The molecule has 0 fully saturated rings. The summed E-state index contributed by atoms with van der Waals surface area (Å²) in [5.41, 5.74) is 1.81. The minimum atomic E-state index is -0.284. The molecule has 0 bridgehead atoms. The molecule has 0 aliphatic rings. The Morgan fingerprint density at radius 3 is 2.50 bits per heavy atom. The van der Waals surface area contributed by atoms with E-state index in [0.29, 0.717) is 5.56 Å². The smallest absolute Gasteiger partial charge is 0.337 e. The molecule has 0 heterocycles. The molecule has 0 radical (unpaired) electrons. The van der Waals surface area contributed by atoms with Gasteiger partial charge in [-0.15, -0.1) is 0 Å². The van der Waals surface area contributed by atoms with Crippen molar-refractivity contribution in [1.82, 2.24) is 0 Å². The molecule has 0 spiro atoms. The van der Waals surface area contributed by atoms with Crippen LogP contribution in [0.25, 0.3) is 0 Å². The maximum atomic E-state index is 11.2. The van der Waals surface area contributed by atoms with Crippen molar-refractivity contribution in [2.24, 2.45) is 0 Å². The lowest BCUT2D eigenvalue weighted by Crippen LogP contribution is -2.00. The molecule has 0 N–H and O–H groups in total. The zero-order valence-electron chi connectivity index (χ0n) is 9.90. The van der Waals surface area contributed by atoms with Gasteiger partial charge in [0, 0.05) is 0 Å². The van der Waals surface area contributed by atoms with Crippen LogP contribution < -0.4 is 0 Å². The van der Waals surface area contributed by atoms with Crippen molar-refractivity contribution in [2.45, 2.75) is 26.2 Å². The Labute approximate surface area is 96.9 Å². The fraction of sp³-hybridized carbons (Fsp3) is 0.357. The number of carbonyl (C=O) groups is 1. The number of benzene rings is 1. The number of hydrogen-bond acceptors (Lipinski definition) is 2. The second kappa shape index (κ2) is 6.83. The maximum Gasteiger partial charge on any atom is 0.337 e. The molecule has 1 rings (SSSR count). The monoisotopic (exact) mass is 218 g/mol. The zero-order chi connectivity index (χ0) is 11.8. The first-order chi connectivity index (χ1) is 7.77. The van der Waals surface area contributed by atoms with E-state index in [2.05, 4.69) is 23.8 Å². The van der Waals surface area contributed by atoms with Crippen LogP contribution in [-0.4, -0.2) is 13.1 Å². The van der Waals surface area contributed by atoms with E-state index in [9.17, 15) is 4.79 Å². The summed E-state index contributed by atoms with van der Waals surface area (Å²) in [5, 5.41) is 0. The van der Waals surface area contributed by atoms with E-state index in [1.54, 1.807) is 12.1 Å². The molecular weight excluding hydrogens is 200 g/mol. The molecule has 0 amide bonds. The van der Waals surface area contributed by atoms with Crippen LogP contribution in [0, 0.1) is 0 Å². The summed E-state index contributed by atoms with van der Waals surface area (Å²) in [4.78, 5) is 11.2. The highest BCUT2D eigenvalue weighted by molar-refractivity contribution is 5.89. The van der Waals surface area contributed by atoms with Gasteiger partial charge in [0.2, 0.25) is 0 Å². The number of rotatable bonds is 5. The predicted molar refractivity (Wildman–Crippen MR) is 65.5 cm³/mol. The van der Waals surface area contributed by atoms with Crippen LogP contribution >= 0.6 is 0 Å². The van der Waals surface area contributed by atoms with E-state index in [1.807, 2.05) is 12.1 Å². The molecule has 0 saturated carbocycles. The number of ether oxygens (including phenoxy) is 1. The fourth-order valence-electron chi connectivity index (χ4n) is 1.40. The molecule has 1 aromatic rings. The molecular formula is C14H18O2. The molecule has 0 aliphatic carbocycles. The Hall–Kier alpha value is -1.57. The van der Waals surface area contributed by atoms with Gasteiger partial charge in [-0.25, -0.2) is 4.79 Å². The average Bonchev–Trinajstić information content (AvgIpc) is 2.34. The summed E-state index contributed by atoms with van der Waals surface area (Å²) in [7, 11) is 1.39. The van der Waals surface area contributed by atoms with Crippen molar-refractivity contribution in [3.8, 4) is 0 Å². The first-order valence-corrected chi connectivity index (χ1v) is 5.60. The molecule has 2 nitrogen and oxygen atoms in total.